The van der Waals surface area contributed by atoms with Crippen molar-refractivity contribution in [2.45, 2.75) is 19.8 Å². The van der Waals surface area contributed by atoms with Crippen molar-refractivity contribution in [1.82, 2.24) is 9.88 Å². The van der Waals surface area contributed by atoms with Crippen molar-refractivity contribution >= 4 is 0 Å². The molecule has 0 atom stereocenters. The van der Waals surface area contributed by atoms with Gasteiger partial charge in [0, 0.05) is 18.2 Å². The van der Waals surface area contributed by atoms with Crippen LogP contribution in [0.2, 0.25) is 0 Å². The number of hydrogen-bond donors (Lipinski definition) is 0. The van der Waals surface area contributed by atoms with E-state index in [0.29, 0.717) is 6.61 Å². The number of aromatic nitrogens is 1. The molecule has 1 aromatic heterocycles. The third-order valence-electron chi connectivity index (χ3n) is 3.58. The monoisotopic (exact) mass is 313 g/mol. The quantitative estimate of drug-likeness (QED) is 0.747. The summed E-state index contributed by atoms with van der Waals surface area (Å²) in [4.78, 5) is 6.43. The number of pyridine rings is 1. The first-order valence-corrected chi connectivity index (χ1v) is 7.97. The fourth-order valence-electron chi connectivity index (χ4n) is 2.39. The normalized spacial score (nSPS) is 10.8. The van der Waals surface area contributed by atoms with Crippen LogP contribution in [0.25, 0.3) is 11.3 Å². The number of ether oxygens (including phenoxy) is 2. The van der Waals surface area contributed by atoms with Gasteiger partial charge in [0.1, 0.15) is 18.1 Å². The summed E-state index contributed by atoms with van der Waals surface area (Å²) < 4.78 is 11.5. The second-order valence-corrected chi connectivity index (χ2v) is 5.71. The van der Waals surface area contributed by atoms with Gasteiger partial charge in [0.2, 0.25) is 0 Å². The molecule has 1 aromatic carbocycles. The minimum absolute atomic E-state index is 0.656. The van der Waals surface area contributed by atoms with Gasteiger partial charge in [-0.3, -0.25) is 0 Å². The van der Waals surface area contributed by atoms with Crippen LogP contribution >= 0.6 is 0 Å². The van der Waals surface area contributed by atoms with E-state index in [-0.39, 0.29) is 0 Å². The van der Waals surface area contributed by atoms with Crippen molar-refractivity contribution in [3.63, 3.8) is 0 Å². The Kier molecular flexibility index (Phi) is 6.41. The third-order valence-corrected chi connectivity index (χ3v) is 3.58. The molecule has 0 saturated heterocycles. The summed E-state index contributed by atoms with van der Waals surface area (Å²) in [5.41, 5.74) is 3.03. The fraction of sp³-hybridized carbons (Fsp3) is 0.421. The summed E-state index contributed by atoms with van der Waals surface area (Å²) in [7, 11) is 5.75. The predicted octanol–water partition coefficient (Wildman–Crippen LogP) is 3.45. The Morgan fingerprint density at radius 1 is 1.22 bits per heavy atom. The van der Waals surface area contributed by atoms with E-state index in [0.717, 1.165) is 42.1 Å². The molecule has 2 rings (SSSR count). The van der Waals surface area contributed by atoms with E-state index in [9.17, 15) is 0 Å². The average Bonchev–Trinajstić information content (AvgIpc) is 2.56. The molecule has 0 spiro atoms. The van der Waals surface area contributed by atoms with Crippen LogP contribution in [0, 0.1) is 6.20 Å². The van der Waals surface area contributed by atoms with E-state index in [1.807, 2.05) is 32.3 Å². The standard InChI is InChI=1S/C19H25N2O2/c1-5-8-15-13-16(17-9-6-7-10-20-17)19(22-4)14-18(15)23-12-11-21(2)3/h6-7,9,13-14H,5,8,11-12H2,1-4H3. The molecule has 0 bridgehead atoms. The van der Waals surface area contributed by atoms with Crippen molar-refractivity contribution in [2.75, 3.05) is 34.4 Å². The van der Waals surface area contributed by atoms with E-state index >= 15 is 0 Å². The van der Waals surface area contributed by atoms with Crippen LogP contribution in [0.15, 0.2) is 30.3 Å². The van der Waals surface area contributed by atoms with Gasteiger partial charge in [0.25, 0.3) is 0 Å². The van der Waals surface area contributed by atoms with E-state index in [4.69, 9.17) is 9.47 Å². The maximum Gasteiger partial charge on any atom is 0.131 e. The number of benzene rings is 1. The van der Waals surface area contributed by atoms with Crippen molar-refractivity contribution in [2.24, 2.45) is 0 Å². The van der Waals surface area contributed by atoms with Gasteiger partial charge in [-0.15, -0.1) is 0 Å². The lowest BCUT2D eigenvalue weighted by molar-refractivity contribution is 0.258. The zero-order valence-corrected chi connectivity index (χ0v) is 14.4. The lowest BCUT2D eigenvalue weighted by atomic mass is 10.0. The summed E-state index contributed by atoms with van der Waals surface area (Å²) in [6.07, 6.45) is 4.90. The van der Waals surface area contributed by atoms with Crippen LogP contribution < -0.4 is 9.47 Å². The molecule has 0 fully saturated rings. The molecule has 0 amide bonds. The van der Waals surface area contributed by atoms with E-state index < -0.39 is 0 Å². The van der Waals surface area contributed by atoms with Crippen LogP contribution in [-0.4, -0.2) is 44.2 Å². The van der Waals surface area contributed by atoms with Crippen molar-refractivity contribution < 1.29 is 9.47 Å². The number of likely N-dealkylation sites (N-methyl/N-ethyl adjacent to an activating group) is 1. The Labute approximate surface area is 139 Å². The van der Waals surface area contributed by atoms with Gasteiger partial charge >= 0.3 is 0 Å². The minimum atomic E-state index is 0.656. The molecule has 0 aliphatic rings. The molecule has 23 heavy (non-hydrogen) atoms. The van der Waals surface area contributed by atoms with Gasteiger partial charge in [0.15, 0.2) is 0 Å². The fourth-order valence-corrected chi connectivity index (χ4v) is 2.39. The second-order valence-electron chi connectivity index (χ2n) is 5.71. The third kappa shape index (κ3) is 4.70. The van der Waals surface area contributed by atoms with Gasteiger partial charge in [-0.05, 0) is 44.3 Å². The Hall–Kier alpha value is -2.07. The maximum absolute atomic E-state index is 5.98. The van der Waals surface area contributed by atoms with Gasteiger partial charge in [-0.25, -0.2) is 4.98 Å². The molecule has 2 aromatic rings. The maximum atomic E-state index is 5.98. The highest BCUT2D eigenvalue weighted by molar-refractivity contribution is 5.70. The molecule has 0 unspecified atom stereocenters. The van der Waals surface area contributed by atoms with Crippen molar-refractivity contribution in [3.8, 4) is 22.8 Å². The van der Waals surface area contributed by atoms with Crippen molar-refractivity contribution in [3.05, 3.63) is 42.1 Å². The van der Waals surface area contributed by atoms with E-state index in [1.54, 1.807) is 13.2 Å². The number of rotatable bonds is 8. The minimum Gasteiger partial charge on any atom is -0.496 e. The molecular formula is C19H25N2O2. The number of aryl methyl sites for hydroxylation is 1. The average molecular weight is 313 g/mol. The second kappa shape index (κ2) is 8.53. The summed E-state index contributed by atoms with van der Waals surface area (Å²) in [5.74, 6) is 1.67. The SMILES string of the molecule is CCCc1cc(-c2ccc[c]n2)c(OC)cc1OCCN(C)C. The summed E-state index contributed by atoms with van der Waals surface area (Å²) in [5, 5.41) is 0. The first-order chi connectivity index (χ1) is 11.2. The molecule has 0 aliphatic heterocycles. The highest BCUT2D eigenvalue weighted by Gasteiger charge is 2.14. The Morgan fingerprint density at radius 3 is 2.65 bits per heavy atom. The van der Waals surface area contributed by atoms with E-state index in [2.05, 4.69) is 29.1 Å². The van der Waals surface area contributed by atoms with E-state index in [1.165, 1.54) is 5.56 Å². The molecule has 1 heterocycles. The van der Waals surface area contributed by atoms with Crippen LogP contribution in [-0.2, 0) is 6.42 Å². The lowest BCUT2D eigenvalue weighted by Crippen LogP contribution is -2.19. The predicted molar refractivity (Wildman–Crippen MR) is 93.1 cm³/mol. The van der Waals surface area contributed by atoms with Crippen LogP contribution in [0.5, 0.6) is 11.5 Å². The Balaban J connectivity index is 2.36. The molecule has 4 nitrogen and oxygen atoms in total. The molecule has 0 aliphatic carbocycles. The molecular weight excluding hydrogens is 288 g/mol. The zero-order chi connectivity index (χ0) is 16.7. The van der Waals surface area contributed by atoms with Gasteiger partial charge < -0.3 is 14.4 Å². The van der Waals surface area contributed by atoms with Crippen LogP contribution in [0.3, 0.4) is 0 Å². The van der Waals surface area contributed by atoms with Crippen LogP contribution in [0.4, 0.5) is 0 Å². The van der Waals surface area contributed by atoms with Crippen molar-refractivity contribution in [1.29, 1.82) is 0 Å². The smallest absolute Gasteiger partial charge is 0.131 e. The topological polar surface area (TPSA) is 34.6 Å². The zero-order valence-electron chi connectivity index (χ0n) is 14.4. The first kappa shape index (κ1) is 17.3. The highest BCUT2D eigenvalue weighted by Crippen LogP contribution is 2.35. The Morgan fingerprint density at radius 2 is 2.04 bits per heavy atom. The molecule has 123 valence electrons. The Bertz CT molecular complexity index is 612. The number of methoxy groups -OCH3 is 1. The highest BCUT2D eigenvalue weighted by atomic mass is 16.5. The first-order valence-electron chi connectivity index (χ1n) is 7.97. The number of hydrogen-bond acceptors (Lipinski definition) is 4. The summed E-state index contributed by atoms with van der Waals surface area (Å²) >= 11 is 0. The summed E-state index contributed by atoms with van der Waals surface area (Å²) in [6.45, 7) is 3.70. The van der Waals surface area contributed by atoms with Gasteiger partial charge in [-0.2, -0.15) is 0 Å². The van der Waals surface area contributed by atoms with Gasteiger partial charge in [0.05, 0.1) is 19.0 Å². The lowest BCUT2D eigenvalue weighted by Gasteiger charge is -2.17. The van der Waals surface area contributed by atoms with Crippen LogP contribution in [0.1, 0.15) is 18.9 Å². The molecule has 1 radical (unpaired) electrons. The number of nitrogens with zero attached hydrogens (tertiary/aromatic N) is 2. The van der Waals surface area contributed by atoms with Gasteiger partial charge in [-0.1, -0.05) is 19.4 Å². The molecule has 0 N–H and O–H groups in total. The largest absolute Gasteiger partial charge is 0.496 e. The summed E-state index contributed by atoms with van der Waals surface area (Å²) in [6, 6.07) is 9.80. The molecule has 4 heteroatoms. The molecule has 0 saturated carbocycles.